The molecular formula is C32H36ClN5O3. The summed E-state index contributed by atoms with van der Waals surface area (Å²) < 4.78 is 0.984. The van der Waals surface area contributed by atoms with Gasteiger partial charge < -0.3 is 15.0 Å². The second kappa shape index (κ2) is 10.6. The minimum Gasteiger partial charge on any atom is -0.618 e. The third kappa shape index (κ3) is 5.49. The summed E-state index contributed by atoms with van der Waals surface area (Å²) in [7, 11) is 0. The molecule has 2 aliphatic heterocycles. The lowest BCUT2D eigenvalue weighted by atomic mass is 9.90. The number of nitrogens with one attached hydrogen (secondary N) is 1. The Morgan fingerprint density at radius 3 is 2.63 bits per heavy atom. The van der Waals surface area contributed by atoms with Crippen LogP contribution in [0.15, 0.2) is 48.8 Å². The number of aromatic nitrogens is 3. The molecule has 0 aliphatic carbocycles. The zero-order valence-corrected chi connectivity index (χ0v) is 24.6. The Morgan fingerprint density at radius 1 is 1.17 bits per heavy atom. The van der Waals surface area contributed by atoms with Crippen molar-refractivity contribution in [2.24, 2.45) is 11.3 Å². The highest BCUT2D eigenvalue weighted by Gasteiger charge is 2.36. The van der Waals surface area contributed by atoms with Gasteiger partial charge >= 0.3 is 0 Å². The molecule has 1 N–H and O–H groups in total. The van der Waals surface area contributed by atoms with E-state index in [1.807, 2.05) is 46.2 Å². The van der Waals surface area contributed by atoms with Crippen molar-refractivity contribution in [3.63, 3.8) is 0 Å². The van der Waals surface area contributed by atoms with Gasteiger partial charge in [-0.1, -0.05) is 50.6 Å². The maximum atomic E-state index is 13.9. The van der Waals surface area contributed by atoms with Crippen molar-refractivity contribution in [3.8, 4) is 0 Å². The van der Waals surface area contributed by atoms with Gasteiger partial charge in [0.1, 0.15) is 0 Å². The SMILES string of the molecule is CC(C)(C)CN1Cc2c(cc(Cl)c3[nH]ncc23)C[C@@H](CC(=O)N2CCC(c3cc4ccccc4c[n+]3[O-])CC2)C1=O. The van der Waals surface area contributed by atoms with Crippen molar-refractivity contribution in [2.75, 3.05) is 19.6 Å². The van der Waals surface area contributed by atoms with Crippen LogP contribution < -0.4 is 4.73 Å². The van der Waals surface area contributed by atoms with Crippen LogP contribution in [0, 0.1) is 16.5 Å². The maximum Gasteiger partial charge on any atom is 0.226 e. The van der Waals surface area contributed by atoms with E-state index in [4.69, 9.17) is 11.6 Å². The standard InChI is InChI=1S/C32H36ClN5O3/c1-32(2,3)19-37-18-26-23(13-27(33)30-25(26)16-34-35-30)12-24(31(37)40)15-29(39)36-10-8-20(9-11-36)28-14-21-6-4-5-7-22(21)17-38(28)41/h4-7,13-14,16-17,20,24H,8-12,15,18-19H2,1-3H3,(H,34,35)/t24-/m0/s1. The number of amides is 2. The van der Waals surface area contributed by atoms with Crippen molar-refractivity contribution in [3.05, 3.63) is 75.8 Å². The molecule has 0 radical (unpaired) electrons. The van der Waals surface area contributed by atoms with Gasteiger partial charge in [-0.2, -0.15) is 9.83 Å². The third-order valence-electron chi connectivity index (χ3n) is 8.53. The predicted molar refractivity (Wildman–Crippen MR) is 159 cm³/mol. The van der Waals surface area contributed by atoms with Gasteiger partial charge in [0.25, 0.3) is 0 Å². The van der Waals surface area contributed by atoms with Gasteiger partial charge in [-0.25, -0.2) is 0 Å². The van der Waals surface area contributed by atoms with Crippen LogP contribution in [-0.4, -0.2) is 51.4 Å². The molecule has 0 saturated carbocycles. The number of pyridine rings is 1. The van der Waals surface area contributed by atoms with Crippen LogP contribution >= 0.6 is 11.6 Å². The number of likely N-dealkylation sites (tertiary alicyclic amines) is 1. The normalized spacial score (nSPS) is 18.6. The molecule has 6 rings (SSSR count). The number of rotatable bonds is 4. The first-order valence-corrected chi connectivity index (χ1v) is 14.8. The quantitative estimate of drug-likeness (QED) is 0.263. The first-order valence-electron chi connectivity index (χ1n) is 14.4. The van der Waals surface area contributed by atoms with Crippen molar-refractivity contribution in [2.45, 2.75) is 58.9 Å². The van der Waals surface area contributed by atoms with E-state index in [9.17, 15) is 14.8 Å². The number of hydrogen-bond acceptors (Lipinski definition) is 4. The van der Waals surface area contributed by atoms with E-state index in [1.165, 1.54) is 0 Å². The molecule has 41 heavy (non-hydrogen) atoms. The largest absolute Gasteiger partial charge is 0.618 e. The van der Waals surface area contributed by atoms with E-state index in [0.717, 1.165) is 56.1 Å². The number of aromatic amines is 1. The minimum atomic E-state index is -0.464. The Bertz CT molecular complexity index is 1630. The topological polar surface area (TPSA) is 96.2 Å². The van der Waals surface area contributed by atoms with Gasteiger partial charge in [-0.3, -0.25) is 14.7 Å². The third-order valence-corrected chi connectivity index (χ3v) is 8.83. The van der Waals surface area contributed by atoms with Crippen LogP contribution in [0.25, 0.3) is 21.7 Å². The molecule has 9 heteroatoms. The molecule has 0 unspecified atom stereocenters. The van der Waals surface area contributed by atoms with Gasteiger partial charge in [0.15, 0.2) is 11.9 Å². The van der Waals surface area contributed by atoms with E-state index < -0.39 is 5.92 Å². The summed E-state index contributed by atoms with van der Waals surface area (Å²) in [5.41, 5.74) is 3.48. The van der Waals surface area contributed by atoms with E-state index in [1.54, 1.807) is 12.4 Å². The maximum absolute atomic E-state index is 13.9. The first-order chi connectivity index (χ1) is 19.6. The van der Waals surface area contributed by atoms with Gasteiger partial charge in [0.05, 0.1) is 22.7 Å². The second-order valence-corrected chi connectivity index (χ2v) is 13.2. The molecule has 4 heterocycles. The summed E-state index contributed by atoms with van der Waals surface area (Å²) in [6, 6.07) is 11.8. The highest BCUT2D eigenvalue weighted by molar-refractivity contribution is 6.35. The number of benzene rings is 2. The molecule has 2 aliphatic rings. The molecule has 1 atom stereocenters. The number of hydrogen-bond donors (Lipinski definition) is 1. The van der Waals surface area contributed by atoms with E-state index in [2.05, 4.69) is 31.0 Å². The summed E-state index contributed by atoms with van der Waals surface area (Å²) in [6.07, 6.45) is 5.48. The number of fused-ring (bicyclic) bond motifs is 4. The Hall–Kier alpha value is -3.65. The molecule has 2 amide bonds. The van der Waals surface area contributed by atoms with Crippen molar-refractivity contribution in [1.29, 1.82) is 0 Å². The van der Waals surface area contributed by atoms with Crippen molar-refractivity contribution >= 4 is 45.1 Å². The highest BCUT2D eigenvalue weighted by atomic mass is 35.5. The van der Waals surface area contributed by atoms with Crippen LogP contribution in [0.2, 0.25) is 5.02 Å². The number of nitrogens with zero attached hydrogens (tertiary/aromatic N) is 4. The molecule has 8 nitrogen and oxygen atoms in total. The average molecular weight is 574 g/mol. The van der Waals surface area contributed by atoms with Gasteiger partial charge in [0.2, 0.25) is 11.8 Å². The minimum absolute atomic E-state index is 0.00930. The summed E-state index contributed by atoms with van der Waals surface area (Å²) in [5.74, 6) is -0.372. The zero-order valence-electron chi connectivity index (χ0n) is 23.8. The molecule has 2 aromatic carbocycles. The second-order valence-electron chi connectivity index (χ2n) is 12.8. The molecule has 1 saturated heterocycles. The van der Waals surface area contributed by atoms with Gasteiger partial charge in [-0.15, -0.1) is 0 Å². The lowest BCUT2D eigenvalue weighted by Gasteiger charge is -2.33. The summed E-state index contributed by atoms with van der Waals surface area (Å²) in [4.78, 5) is 31.3. The van der Waals surface area contributed by atoms with Gasteiger partial charge in [0, 0.05) is 55.4 Å². The van der Waals surface area contributed by atoms with E-state index in [0.29, 0.717) is 37.6 Å². The molecule has 0 bridgehead atoms. The Balaban J connectivity index is 1.20. The molecule has 4 aromatic rings. The molecule has 1 fully saturated rings. The summed E-state index contributed by atoms with van der Waals surface area (Å²) >= 11 is 6.58. The Kier molecular flexibility index (Phi) is 7.14. The number of halogens is 1. The van der Waals surface area contributed by atoms with Crippen LogP contribution in [-0.2, 0) is 22.6 Å². The highest BCUT2D eigenvalue weighted by Crippen LogP contribution is 2.36. The molecule has 2 aromatic heterocycles. The average Bonchev–Trinajstić information content (AvgIpc) is 3.39. The predicted octanol–water partition coefficient (Wildman–Crippen LogP) is 5.35. The number of carbonyl (C=O) groups excluding carboxylic acids is 2. The number of H-pyrrole nitrogens is 1. The molecule has 0 spiro atoms. The summed E-state index contributed by atoms with van der Waals surface area (Å²) in [5, 5.41) is 23.4. The lowest BCUT2D eigenvalue weighted by Crippen LogP contribution is -2.44. The molecule has 214 valence electrons. The van der Waals surface area contributed by atoms with Crippen LogP contribution in [0.1, 0.15) is 62.8 Å². The fourth-order valence-electron chi connectivity index (χ4n) is 6.54. The van der Waals surface area contributed by atoms with E-state index in [-0.39, 0.29) is 29.6 Å². The van der Waals surface area contributed by atoms with Crippen LogP contribution in [0.4, 0.5) is 0 Å². The number of carbonyl (C=O) groups is 2. The Morgan fingerprint density at radius 2 is 1.90 bits per heavy atom. The lowest BCUT2D eigenvalue weighted by molar-refractivity contribution is -0.614. The van der Waals surface area contributed by atoms with Crippen molar-refractivity contribution < 1.29 is 14.3 Å². The fourth-order valence-corrected chi connectivity index (χ4v) is 6.82. The number of piperidine rings is 1. The van der Waals surface area contributed by atoms with Crippen LogP contribution in [0.5, 0.6) is 0 Å². The van der Waals surface area contributed by atoms with E-state index >= 15 is 0 Å². The smallest absolute Gasteiger partial charge is 0.226 e. The summed E-state index contributed by atoms with van der Waals surface area (Å²) in [6.45, 7) is 8.55. The first kappa shape index (κ1) is 27.5. The van der Waals surface area contributed by atoms with Crippen molar-refractivity contribution in [1.82, 2.24) is 20.0 Å². The zero-order chi connectivity index (χ0) is 28.9. The Labute approximate surface area is 244 Å². The fraction of sp³-hybridized carbons (Fsp3) is 0.438. The monoisotopic (exact) mass is 573 g/mol. The van der Waals surface area contributed by atoms with Crippen LogP contribution in [0.3, 0.4) is 0 Å². The van der Waals surface area contributed by atoms with Gasteiger partial charge in [-0.05, 0) is 53.3 Å². The molecular weight excluding hydrogens is 538 g/mol.